The monoisotopic (exact) mass is 367 g/mol. The molecule has 0 aliphatic carbocycles. The van der Waals surface area contributed by atoms with E-state index in [0.717, 1.165) is 12.8 Å². The van der Waals surface area contributed by atoms with Gasteiger partial charge in [0.05, 0.1) is 17.3 Å². The summed E-state index contributed by atoms with van der Waals surface area (Å²) in [6.45, 7) is 3.44. The number of ether oxygens (including phenoxy) is 1. The molecule has 3 rings (SSSR count). The fraction of sp³-hybridized carbons (Fsp3) is 0.467. The normalized spacial score (nSPS) is 21.1. The molecule has 2 aliphatic heterocycles. The maximum absolute atomic E-state index is 12.1. The van der Waals surface area contributed by atoms with Gasteiger partial charge in [-0.25, -0.2) is 4.79 Å². The maximum Gasteiger partial charge on any atom is 0.344 e. The third-order valence-electron chi connectivity index (χ3n) is 4.14. The third-order valence-corrected chi connectivity index (χ3v) is 5.05. The van der Waals surface area contributed by atoms with E-state index < -0.39 is 10.2 Å². The van der Waals surface area contributed by atoms with E-state index in [9.17, 15) is 13.2 Å². The van der Waals surface area contributed by atoms with Crippen LogP contribution in [0.1, 0.15) is 25.3 Å². The molecule has 1 atom stereocenters. The minimum atomic E-state index is -3.82. The van der Waals surface area contributed by atoms with Gasteiger partial charge in [0.2, 0.25) is 0 Å². The Morgan fingerprint density at radius 3 is 3.08 bits per heavy atom. The van der Waals surface area contributed by atoms with Gasteiger partial charge in [0.1, 0.15) is 12.4 Å². The second kappa shape index (κ2) is 6.79. The van der Waals surface area contributed by atoms with E-state index in [1.54, 1.807) is 23.1 Å². The van der Waals surface area contributed by atoms with E-state index in [2.05, 4.69) is 14.4 Å². The van der Waals surface area contributed by atoms with Crippen molar-refractivity contribution in [1.29, 1.82) is 0 Å². The van der Waals surface area contributed by atoms with Gasteiger partial charge in [-0.3, -0.25) is 4.72 Å². The molecule has 1 aromatic rings. The standard InChI is InChI=1S/C15H21N5O4S/c1-2-17-15(21)20-8-4-5-10(20)9-24-12-7-3-6-11-13(12)14(16)19-25(22,23)18-11/h3,6-7,10,18H,2,4-5,8-9H2,1H3,(H2,16,19)(H,17,21). The van der Waals surface area contributed by atoms with Crippen LogP contribution in [0, 0.1) is 0 Å². The number of hydrogen-bond donors (Lipinski definition) is 3. The van der Waals surface area contributed by atoms with Gasteiger partial charge in [-0.05, 0) is 31.9 Å². The number of fused-ring (bicyclic) bond motifs is 1. The van der Waals surface area contributed by atoms with Crippen molar-refractivity contribution in [3.05, 3.63) is 23.8 Å². The third kappa shape index (κ3) is 3.63. The van der Waals surface area contributed by atoms with E-state index in [-0.39, 0.29) is 17.9 Å². The summed E-state index contributed by atoms with van der Waals surface area (Å²) in [6.07, 6.45) is 1.77. The van der Waals surface area contributed by atoms with E-state index in [0.29, 0.717) is 36.7 Å². The van der Waals surface area contributed by atoms with Crippen molar-refractivity contribution in [2.75, 3.05) is 24.4 Å². The van der Waals surface area contributed by atoms with Crippen molar-refractivity contribution >= 4 is 27.8 Å². The number of nitrogens with zero attached hydrogens (tertiary/aromatic N) is 2. The lowest BCUT2D eigenvalue weighted by Crippen LogP contribution is -2.45. The summed E-state index contributed by atoms with van der Waals surface area (Å²) in [5, 5.41) is 2.80. The molecule has 2 amide bonds. The van der Waals surface area contributed by atoms with Gasteiger partial charge in [-0.1, -0.05) is 6.07 Å². The first-order valence-corrected chi connectivity index (χ1v) is 9.54. The van der Waals surface area contributed by atoms with E-state index in [1.165, 1.54) is 0 Å². The Morgan fingerprint density at radius 1 is 1.52 bits per heavy atom. The number of amidine groups is 1. The zero-order valence-electron chi connectivity index (χ0n) is 13.9. The van der Waals surface area contributed by atoms with Crippen LogP contribution < -0.4 is 20.5 Å². The molecule has 0 radical (unpaired) electrons. The fourth-order valence-corrected chi connectivity index (χ4v) is 3.90. The summed E-state index contributed by atoms with van der Waals surface area (Å²) in [4.78, 5) is 13.8. The Balaban J connectivity index is 1.76. The molecule has 1 saturated heterocycles. The lowest BCUT2D eigenvalue weighted by atomic mass is 10.1. The molecule has 25 heavy (non-hydrogen) atoms. The summed E-state index contributed by atoms with van der Waals surface area (Å²) in [7, 11) is -3.82. The SMILES string of the molecule is CCNC(=O)N1CCCC1COc1cccc2c1C(N)=NS(=O)(=O)N2. The molecule has 4 N–H and O–H groups in total. The first kappa shape index (κ1) is 17.3. The number of urea groups is 1. The molecule has 1 aromatic carbocycles. The average Bonchev–Trinajstić information content (AvgIpc) is 3.00. The first-order valence-electron chi connectivity index (χ1n) is 8.10. The van der Waals surface area contributed by atoms with E-state index in [1.807, 2.05) is 6.92 Å². The largest absolute Gasteiger partial charge is 0.491 e. The summed E-state index contributed by atoms with van der Waals surface area (Å²) in [5.41, 5.74) is 6.55. The number of nitrogens with two attached hydrogens (primary N) is 1. The first-order chi connectivity index (χ1) is 11.9. The molecule has 1 fully saturated rings. The molecule has 0 saturated carbocycles. The number of carbonyl (C=O) groups excluding carboxylic acids is 1. The van der Waals surface area contributed by atoms with E-state index >= 15 is 0 Å². The van der Waals surface area contributed by atoms with Crippen molar-refractivity contribution in [2.24, 2.45) is 10.1 Å². The van der Waals surface area contributed by atoms with Crippen LogP contribution in [0.3, 0.4) is 0 Å². The van der Waals surface area contributed by atoms with Crippen molar-refractivity contribution in [3.63, 3.8) is 0 Å². The van der Waals surface area contributed by atoms with E-state index in [4.69, 9.17) is 10.5 Å². The highest BCUT2D eigenvalue weighted by Crippen LogP contribution is 2.31. The number of hydrogen-bond acceptors (Lipinski definition) is 5. The number of likely N-dealkylation sites (tertiary alicyclic amines) is 1. The van der Waals surface area contributed by atoms with Gasteiger partial charge in [0.25, 0.3) is 0 Å². The predicted molar refractivity (Wildman–Crippen MR) is 94.0 cm³/mol. The lowest BCUT2D eigenvalue weighted by Gasteiger charge is -2.26. The van der Waals surface area contributed by atoms with Crippen LogP contribution in [-0.2, 0) is 10.2 Å². The van der Waals surface area contributed by atoms with Gasteiger partial charge >= 0.3 is 16.2 Å². The van der Waals surface area contributed by atoms with Crippen molar-refractivity contribution in [2.45, 2.75) is 25.8 Å². The summed E-state index contributed by atoms with van der Waals surface area (Å²) >= 11 is 0. The zero-order valence-corrected chi connectivity index (χ0v) is 14.7. The quantitative estimate of drug-likeness (QED) is 0.720. The van der Waals surface area contributed by atoms with Crippen molar-refractivity contribution in [1.82, 2.24) is 10.2 Å². The van der Waals surface area contributed by atoms with Crippen LogP contribution in [0.2, 0.25) is 0 Å². The molecule has 0 aromatic heterocycles. The number of anilines is 1. The zero-order chi connectivity index (χ0) is 18.0. The Bertz CT molecular complexity index is 808. The molecule has 10 heteroatoms. The molecule has 0 spiro atoms. The molecule has 2 aliphatic rings. The number of amides is 2. The smallest absolute Gasteiger partial charge is 0.344 e. The molecular weight excluding hydrogens is 346 g/mol. The molecule has 1 unspecified atom stereocenters. The highest BCUT2D eigenvalue weighted by atomic mass is 32.2. The van der Waals surface area contributed by atoms with Crippen molar-refractivity contribution in [3.8, 4) is 5.75 Å². The molecule has 9 nitrogen and oxygen atoms in total. The van der Waals surface area contributed by atoms with Crippen molar-refractivity contribution < 1.29 is 17.9 Å². The van der Waals surface area contributed by atoms with Gasteiger partial charge in [-0.15, -0.1) is 4.40 Å². The van der Waals surface area contributed by atoms with Gasteiger partial charge in [0.15, 0.2) is 5.84 Å². The van der Waals surface area contributed by atoms with Gasteiger partial charge < -0.3 is 20.7 Å². The topological polar surface area (TPSA) is 126 Å². The number of benzene rings is 1. The van der Waals surface area contributed by atoms with Gasteiger partial charge in [-0.2, -0.15) is 8.42 Å². The van der Waals surface area contributed by atoms with Crippen LogP contribution in [-0.4, -0.2) is 50.9 Å². The Morgan fingerprint density at radius 2 is 2.32 bits per heavy atom. The molecule has 136 valence electrons. The highest BCUT2D eigenvalue weighted by molar-refractivity contribution is 7.91. The van der Waals surface area contributed by atoms with Crippen LogP contribution in [0.5, 0.6) is 5.75 Å². The second-order valence-corrected chi connectivity index (χ2v) is 7.21. The Labute approximate surface area is 146 Å². The summed E-state index contributed by atoms with van der Waals surface area (Å²) in [6, 6.07) is 4.83. The number of carbonyl (C=O) groups is 1. The predicted octanol–water partition coefficient (Wildman–Crippen LogP) is 0.635. The Kier molecular flexibility index (Phi) is 4.71. The average molecular weight is 367 g/mol. The second-order valence-electron chi connectivity index (χ2n) is 5.87. The minimum Gasteiger partial charge on any atom is -0.491 e. The molecule has 2 heterocycles. The van der Waals surface area contributed by atoms with Crippen LogP contribution >= 0.6 is 0 Å². The van der Waals surface area contributed by atoms with Crippen LogP contribution in [0.25, 0.3) is 0 Å². The summed E-state index contributed by atoms with van der Waals surface area (Å²) in [5.74, 6) is 0.320. The van der Waals surface area contributed by atoms with Crippen LogP contribution in [0.15, 0.2) is 22.6 Å². The van der Waals surface area contributed by atoms with Gasteiger partial charge in [0, 0.05) is 13.1 Å². The maximum atomic E-state index is 12.1. The minimum absolute atomic E-state index is 0.0409. The lowest BCUT2D eigenvalue weighted by molar-refractivity contribution is 0.166. The number of nitrogens with one attached hydrogen (secondary N) is 2. The fourth-order valence-electron chi connectivity index (χ4n) is 3.05. The highest BCUT2D eigenvalue weighted by Gasteiger charge is 2.30. The molecule has 0 bridgehead atoms. The number of rotatable bonds is 4. The molecular formula is C15H21N5O4S. The summed E-state index contributed by atoms with van der Waals surface area (Å²) < 4.78 is 34.9. The van der Waals surface area contributed by atoms with Crippen LogP contribution in [0.4, 0.5) is 10.5 Å². The Hall–Kier alpha value is -2.49.